The molecule has 0 aromatic heterocycles. The molecule has 17 heavy (non-hydrogen) atoms. The molecule has 8 heteroatoms. The van der Waals surface area contributed by atoms with E-state index in [2.05, 4.69) is 0 Å². The molecule has 0 aromatic rings. The average Bonchev–Trinajstić information content (AvgIpc) is 2.56. The van der Waals surface area contributed by atoms with Crippen molar-refractivity contribution < 1.29 is 27.9 Å². The van der Waals surface area contributed by atoms with Gasteiger partial charge in [0.15, 0.2) is 0 Å². The van der Waals surface area contributed by atoms with Gasteiger partial charge in [0.1, 0.15) is 0 Å². The van der Waals surface area contributed by atoms with Crippen molar-refractivity contribution in [3.8, 4) is 0 Å². The van der Waals surface area contributed by atoms with Crippen LogP contribution < -0.4 is 0 Å². The molecule has 1 N–H and O–H groups in total. The van der Waals surface area contributed by atoms with Crippen molar-refractivity contribution in [2.24, 2.45) is 5.92 Å². The summed E-state index contributed by atoms with van der Waals surface area (Å²) in [6, 6.07) is 0. The number of amides is 1. The van der Waals surface area contributed by atoms with Crippen molar-refractivity contribution in [3.63, 3.8) is 0 Å². The van der Waals surface area contributed by atoms with Crippen molar-refractivity contribution >= 4 is 23.6 Å². The number of carboxylic acids is 1. The highest BCUT2D eigenvalue weighted by molar-refractivity contribution is 8.01. The number of likely N-dealkylation sites (tertiary alicyclic amines) is 1. The summed E-state index contributed by atoms with van der Waals surface area (Å²) in [5.74, 6) is -2.90. The minimum atomic E-state index is -4.87. The molecular formula is C9H10F3NO3S. The second kappa shape index (κ2) is 3.79. The molecule has 4 nitrogen and oxygen atoms in total. The highest BCUT2D eigenvalue weighted by Gasteiger charge is 2.59. The first kappa shape index (κ1) is 12.5. The fourth-order valence-corrected chi connectivity index (χ4v) is 4.00. The summed E-state index contributed by atoms with van der Waals surface area (Å²) in [5.41, 5.74) is 0. The Kier molecular flexibility index (Phi) is 2.80. The van der Waals surface area contributed by atoms with Crippen LogP contribution in [0.25, 0.3) is 0 Å². The lowest BCUT2D eigenvalue weighted by atomic mass is 9.83. The quantitative estimate of drug-likeness (QED) is 0.770. The highest BCUT2D eigenvalue weighted by atomic mass is 32.2. The fraction of sp³-hybridized carbons (Fsp3) is 0.778. The van der Waals surface area contributed by atoms with E-state index in [1.807, 2.05) is 0 Å². The first-order chi connectivity index (χ1) is 7.76. The Labute approximate surface area is 99.1 Å². The van der Waals surface area contributed by atoms with Crippen LogP contribution >= 0.6 is 11.8 Å². The van der Waals surface area contributed by atoms with E-state index in [-0.39, 0.29) is 13.1 Å². The number of thioether (sulfide) groups is 1. The number of nitrogens with zero attached hydrogens (tertiary/aromatic N) is 1. The average molecular weight is 269 g/mol. The predicted molar refractivity (Wildman–Crippen MR) is 53.6 cm³/mol. The maximum atomic E-state index is 12.1. The molecule has 0 saturated carbocycles. The molecule has 1 atom stereocenters. The fourth-order valence-electron chi connectivity index (χ4n) is 2.33. The molecule has 2 fully saturated rings. The van der Waals surface area contributed by atoms with Gasteiger partial charge in [0.05, 0.1) is 10.7 Å². The zero-order valence-electron chi connectivity index (χ0n) is 8.66. The molecule has 96 valence electrons. The Hall–Kier alpha value is -0.920. The van der Waals surface area contributed by atoms with E-state index in [0.29, 0.717) is 17.1 Å². The monoisotopic (exact) mass is 269 g/mol. The summed E-state index contributed by atoms with van der Waals surface area (Å²) in [4.78, 5) is 22.5. The zero-order chi connectivity index (χ0) is 12.8. The maximum Gasteiger partial charge on any atom is 0.471 e. The van der Waals surface area contributed by atoms with Crippen LogP contribution in [-0.4, -0.2) is 51.6 Å². The molecule has 0 aliphatic carbocycles. The van der Waals surface area contributed by atoms with Crippen LogP contribution in [0.1, 0.15) is 6.42 Å². The molecular weight excluding hydrogens is 259 g/mol. The van der Waals surface area contributed by atoms with Crippen LogP contribution in [0.4, 0.5) is 13.2 Å². The second-order valence-corrected chi connectivity index (χ2v) is 5.76. The van der Waals surface area contributed by atoms with Gasteiger partial charge in [-0.15, -0.1) is 0 Å². The maximum absolute atomic E-state index is 12.1. The number of carbonyl (C=O) groups excluding carboxylic acids is 1. The lowest BCUT2D eigenvalue weighted by Crippen LogP contribution is -2.66. The lowest BCUT2D eigenvalue weighted by molar-refractivity contribution is -0.191. The van der Waals surface area contributed by atoms with Crippen molar-refractivity contribution in [1.82, 2.24) is 4.90 Å². The minimum Gasteiger partial charge on any atom is -0.481 e. The van der Waals surface area contributed by atoms with E-state index in [1.54, 1.807) is 0 Å². The molecule has 2 heterocycles. The summed E-state index contributed by atoms with van der Waals surface area (Å²) in [6.45, 7) is -0.236. The van der Waals surface area contributed by atoms with Gasteiger partial charge in [-0.05, 0) is 12.2 Å². The van der Waals surface area contributed by atoms with Crippen LogP contribution in [0, 0.1) is 5.92 Å². The third-order valence-electron chi connectivity index (χ3n) is 3.18. The smallest absolute Gasteiger partial charge is 0.471 e. The van der Waals surface area contributed by atoms with Gasteiger partial charge in [-0.3, -0.25) is 9.59 Å². The molecule has 0 aromatic carbocycles. The Morgan fingerprint density at radius 1 is 1.35 bits per heavy atom. The van der Waals surface area contributed by atoms with E-state index in [1.165, 1.54) is 11.8 Å². The molecule has 2 saturated heterocycles. The number of carbonyl (C=O) groups is 2. The van der Waals surface area contributed by atoms with E-state index < -0.39 is 28.7 Å². The number of hydrogen-bond donors (Lipinski definition) is 1. The van der Waals surface area contributed by atoms with Crippen molar-refractivity contribution in [1.29, 1.82) is 0 Å². The van der Waals surface area contributed by atoms with Gasteiger partial charge in [0.2, 0.25) is 0 Å². The Morgan fingerprint density at radius 3 is 2.41 bits per heavy atom. The van der Waals surface area contributed by atoms with Crippen molar-refractivity contribution in [3.05, 3.63) is 0 Å². The van der Waals surface area contributed by atoms with Gasteiger partial charge < -0.3 is 10.0 Å². The normalized spacial score (nSPS) is 27.0. The molecule has 2 aliphatic heterocycles. The first-order valence-corrected chi connectivity index (χ1v) is 5.98. The molecule has 1 amide bonds. The summed E-state index contributed by atoms with van der Waals surface area (Å²) < 4.78 is 35.7. The van der Waals surface area contributed by atoms with Gasteiger partial charge >= 0.3 is 18.1 Å². The van der Waals surface area contributed by atoms with E-state index in [0.717, 1.165) is 0 Å². The van der Waals surface area contributed by atoms with Crippen LogP contribution in [0.2, 0.25) is 0 Å². The summed E-state index contributed by atoms with van der Waals surface area (Å²) >= 11 is 1.36. The van der Waals surface area contributed by atoms with Crippen molar-refractivity contribution in [2.45, 2.75) is 17.3 Å². The highest BCUT2D eigenvalue weighted by Crippen LogP contribution is 2.49. The molecule has 1 unspecified atom stereocenters. The minimum absolute atomic E-state index is 0.118. The van der Waals surface area contributed by atoms with Gasteiger partial charge in [0, 0.05) is 13.1 Å². The van der Waals surface area contributed by atoms with Crippen LogP contribution in [0.3, 0.4) is 0 Å². The molecule has 1 spiro atoms. The molecule has 0 bridgehead atoms. The lowest BCUT2D eigenvalue weighted by Gasteiger charge is -2.49. The number of rotatable bonds is 1. The van der Waals surface area contributed by atoms with Crippen molar-refractivity contribution in [2.75, 3.05) is 18.8 Å². The van der Waals surface area contributed by atoms with Crippen LogP contribution in [0.5, 0.6) is 0 Å². The van der Waals surface area contributed by atoms with Crippen LogP contribution in [0.15, 0.2) is 0 Å². The Bertz CT molecular complexity index is 365. The predicted octanol–water partition coefficient (Wildman–Crippen LogP) is 0.967. The summed E-state index contributed by atoms with van der Waals surface area (Å²) in [7, 11) is 0. The summed E-state index contributed by atoms with van der Waals surface area (Å²) in [5, 5.41) is 8.96. The topological polar surface area (TPSA) is 57.6 Å². The number of aliphatic carboxylic acids is 1. The van der Waals surface area contributed by atoms with E-state index >= 15 is 0 Å². The molecule has 0 radical (unpaired) electrons. The van der Waals surface area contributed by atoms with Crippen LogP contribution in [-0.2, 0) is 9.59 Å². The summed E-state index contributed by atoms with van der Waals surface area (Å²) in [6.07, 6.45) is -4.42. The molecule has 2 rings (SSSR count). The van der Waals surface area contributed by atoms with Gasteiger partial charge in [-0.1, -0.05) is 0 Å². The number of alkyl halides is 3. The standard InChI is InChI=1S/C9H10F3NO3S/c10-9(11,12)7(16)13-3-8(4-13)5(6(14)15)1-2-17-8/h5H,1-4H2,(H,14,15). The van der Waals surface area contributed by atoms with Gasteiger partial charge in [-0.25, -0.2) is 0 Å². The first-order valence-electron chi connectivity index (χ1n) is 4.99. The molecule has 2 aliphatic rings. The van der Waals surface area contributed by atoms with Gasteiger partial charge in [0.25, 0.3) is 0 Å². The third kappa shape index (κ3) is 1.98. The largest absolute Gasteiger partial charge is 0.481 e. The Balaban J connectivity index is 2.02. The van der Waals surface area contributed by atoms with E-state index in [4.69, 9.17) is 5.11 Å². The third-order valence-corrected chi connectivity index (χ3v) is 4.73. The number of hydrogen-bond acceptors (Lipinski definition) is 3. The zero-order valence-corrected chi connectivity index (χ0v) is 9.48. The SMILES string of the molecule is O=C(O)C1CCSC12CN(C(=O)C(F)(F)F)C2. The van der Waals surface area contributed by atoms with E-state index in [9.17, 15) is 22.8 Å². The number of carboxylic acid groups (broad SMARTS) is 1. The van der Waals surface area contributed by atoms with Gasteiger partial charge in [-0.2, -0.15) is 24.9 Å². The Morgan fingerprint density at radius 2 is 1.94 bits per heavy atom. The number of halogens is 3. The second-order valence-electron chi connectivity index (χ2n) is 4.25.